The molecule has 2 aromatic carbocycles. The molecule has 108 valence electrons. The molecule has 0 radical (unpaired) electrons. The molecule has 1 heterocycles. The van der Waals surface area contributed by atoms with Crippen molar-refractivity contribution < 1.29 is 9.53 Å². The van der Waals surface area contributed by atoms with Gasteiger partial charge in [0.1, 0.15) is 5.75 Å². The molecular weight excluding hydrogens is 332 g/mol. The number of carbonyl (C=O) groups excluding carboxylic acids is 1. The van der Waals surface area contributed by atoms with E-state index < -0.39 is 0 Å². The molecular formula is C16H15BrN2O2. The molecule has 3 rings (SSSR count). The van der Waals surface area contributed by atoms with Crippen molar-refractivity contribution in [1.29, 1.82) is 0 Å². The number of rotatable bonds is 3. The molecule has 2 aromatic rings. The van der Waals surface area contributed by atoms with Gasteiger partial charge < -0.3 is 15.4 Å². The Morgan fingerprint density at radius 1 is 1.29 bits per heavy atom. The number of carbonyl (C=O) groups is 1. The lowest BCUT2D eigenvalue weighted by Gasteiger charge is -2.21. The molecule has 0 bridgehead atoms. The molecule has 0 aliphatic carbocycles. The number of para-hydroxylation sites is 1. The number of hydrogen-bond donors (Lipinski definition) is 2. The molecule has 1 atom stereocenters. The van der Waals surface area contributed by atoms with Crippen LogP contribution in [0.5, 0.6) is 5.75 Å². The van der Waals surface area contributed by atoms with Gasteiger partial charge in [0.05, 0.1) is 5.69 Å². The smallest absolute Gasteiger partial charge is 0.262 e. The maximum atomic E-state index is 11.4. The predicted octanol–water partition coefficient (Wildman–Crippen LogP) is 3.95. The fourth-order valence-corrected chi connectivity index (χ4v) is 2.66. The number of benzene rings is 2. The van der Waals surface area contributed by atoms with E-state index in [0.717, 1.165) is 21.4 Å². The van der Waals surface area contributed by atoms with E-state index in [-0.39, 0.29) is 18.6 Å². The zero-order valence-corrected chi connectivity index (χ0v) is 13.1. The molecule has 1 unspecified atom stereocenters. The molecule has 5 heteroatoms. The summed E-state index contributed by atoms with van der Waals surface area (Å²) >= 11 is 3.53. The summed E-state index contributed by atoms with van der Waals surface area (Å²) in [5.74, 6) is 0.595. The number of hydrogen-bond acceptors (Lipinski definition) is 3. The van der Waals surface area contributed by atoms with E-state index in [0.29, 0.717) is 5.75 Å². The second-order valence-electron chi connectivity index (χ2n) is 4.94. The van der Waals surface area contributed by atoms with Gasteiger partial charge in [0.15, 0.2) is 6.61 Å². The van der Waals surface area contributed by atoms with E-state index >= 15 is 0 Å². The number of ether oxygens (including phenoxy) is 1. The largest absolute Gasteiger partial charge is 0.482 e. The minimum Gasteiger partial charge on any atom is -0.482 e. The van der Waals surface area contributed by atoms with Crippen LogP contribution >= 0.6 is 15.9 Å². The molecule has 1 aliphatic heterocycles. The fourth-order valence-electron chi connectivity index (χ4n) is 2.26. The van der Waals surface area contributed by atoms with Gasteiger partial charge in [0.2, 0.25) is 0 Å². The first-order chi connectivity index (χ1) is 10.1. The number of halogens is 1. The van der Waals surface area contributed by atoms with E-state index in [1.807, 2.05) is 42.5 Å². The van der Waals surface area contributed by atoms with Gasteiger partial charge in [-0.25, -0.2) is 0 Å². The van der Waals surface area contributed by atoms with Crippen molar-refractivity contribution in [3.05, 3.63) is 52.5 Å². The van der Waals surface area contributed by atoms with Crippen LogP contribution in [-0.4, -0.2) is 12.5 Å². The van der Waals surface area contributed by atoms with E-state index in [9.17, 15) is 4.79 Å². The summed E-state index contributed by atoms with van der Waals surface area (Å²) in [5.41, 5.74) is 2.84. The van der Waals surface area contributed by atoms with E-state index in [2.05, 4.69) is 33.5 Å². The number of fused-ring (bicyclic) bond motifs is 1. The summed E-state index contributed by atoms with van der Waals surface area (Å²) in [6.45, 7) is 2.16. The van der Waals surface area contributed by atoms with Crippen LogP contribution in [-0.2, 0) is 4.79 Å². The highest BCUT2D eigenvalue weighted by atomic mass is 79.9. The van der Waals surface area contributed by atoms with Gasteiger partial charge in [-0.05, 0) is 52.7 Å². The molecule has 0 saturated heterocycles. The van der Waals surface area contributed by atoms with Gasteiger partial charge in [-0.2, -0.15) is 0 Å². The topological polar surface area (TPSA) is 50.4 Å². The van der Waals surface area contributed by atoms with Gasteiger partial charge >= 0.3 is 0 Å². The minimum absolute atomic E-state index is 0.0805. The van der Waals surface area contributed by atoms with Gasteiger partial charge in [0, 0.05) is 16.2 Å². The molecule has 21 heavy (non-hydrogen) atoms. The second-order valence-corrected chi connectivity index (χ2v) is 5.79. The van der Waals surface area contributed by atoms with E-state index in [1.54, 1.807) is 0 Å². The second kappa shape index (κ2) is 5.77. The zero-order chi connectivity index (χ0) is 14.8. The van der Waals surface area contributed by atoms with Crippen LogP contribution in [0.2, 0.25) is 0 Å². The zero-order valence-electron chi connectivity index (χ0n) is 11.5. The van der Waals surface area contributed by atoms with Crippen LogP contribution in [0.25, 0.3) is 0 Å². The highest BCUT2D eigenvalue weighted by molar-refractivity contribution is 9.10. The lowest BCUT2D eigenvalue weighted by atomic mass is 10.1. The first-order valence-electron chi connectivity index (χ1n) is 6.71. The van der Waals surface area contributed by atoms with Crippen molar-refractivity contribution in [2.24, 2.45) is 0 Å². The van der Waals surface area contributed by atoms with E-state index in [4.69, 9.17) is 4.74 Å². The molecule has 0 fully saturated rings. The standard InChI is InChI=1S/C16H15BrN2O2/c1-10(18-13-5-3-2-4-12(13)17)11-6-7-15-14(8-11)19-16(20)9-21-15/h2-8,10,18H,9H2,1H3,(H,19,20). The molecule has 1 aliphatic rings. The highest BCUT2D eigenvalue weighted by Crippen LogP contribution is 2.32. The Morgan fingerprint density at radius 3 is 2.90 bits per heavy atom. The molecule has 4 nitrogen and oxygen atoms in total. The Kier molecular flexibility index (Phi) is 3.84. The summed E-state index contributed by atoms with van der Waals surface area (Å²) < 4.78 is 6.39. The first-order valence-corrected chi connectivity index (χ1v) is 7.50. The van der Waals surface area contributed by atoms with Crippen molar-refractivity contribution in [3.63, 3.8) is 0 Å². The number of anilines is 2. The van der Waals surface area contributed by atoms with Crippen molar-refractivity contribution in [1.82, 2.24) is 0 Å². The number of amides is 1. The quantitative estimate of drug-likeness (QED) is 0.884. The summed E-state index contributed by atoms with van der Waals surface area (Å²) in [6, 6.07) is 13.9. The average molecular weight is 347 g/mol. The van der Waals surface area contributed by atoms with Crippen molar-refractivity contribution >= 4 is 33.2 Å². The Morgan fingerprint density at radius 2 is 2.10 bits per heavy atom. The minimum atomic E-state index is -0.119. The van der Waals surface area contributed by atoms with Crippen LogP contribution in [0, 0.1) is 0 Å². The predicted molar refractivity (Wildman–Crippen MR) is 86.7 cm³/mol. The summed E-state index contributed by atoms with van der Waals surface area (Å²) in [7, 11) is 0. The van der Waals surface area contributed by atoms with Crippen molar-refractivity contribution in [2.45, 2.75) is 13.0 Å². The maximum Gasteiger partial charge on any atom is 0.262 e. The van der Waals surface area contributed by atoms with Gasteiger partial charge in [-0.15, -0.1) is 0 Å². The van der Waals surface area contributed by atoms with Crippen LogP contribution in [0.15, 0.2) is 46.9 Å². The van der Waals surface area contributed by atoms with Crippen molar-refractivity contribution in [2.75, 3.05) is 17.2 Å². The SMILES string of the molecule is CC(Nc1ccccc1Br)c1ccc2c(c1)NC(=O)CO2. The summed E-state index contributed by atoms with van der Waals surface area (Å²) in [5, 5.41) is 6.27. The van der Waals surface area contributed by atoms with Crippen LogP contribution in [0.4, 0.5) is 11.4 Å². The third-order valence-corrected chi connectivity index (χ3v) is 4.07. The van der Waals surface area contributed by atoms with Crippen molar-refractivity contribution in [3.8, 4) is 5.75 Å². The van der Waals surface area contributed by atoms with E-state index in [1.165, 1.54) is 0 Å². The Bertz CT molecular complexity index is 688. The van der Waals surface area contributed by atoms with Crippen LogP contribution < -0.4 is 15.4 Å². The van der Waals surface area contributed by atoms with Gasteiger partial charge in [-0.3, -0.25) is 4.79 Å². The lowest BCUT2D eigenvalue weighted by molar-refractivity contribution is -0.118. The van der Waals surface area contributed by atoms with Gasteiger partial charge in [-0.1, -0.05) is 18.2 Å². The Labute approximate surface area is 131 Å². The number of nitrogens with one attached hydrogen (secondary N) is 2. The summed E-state index contributed by atoms with van der Waals surface area (Å²) in [4.78, 5) is 11.4. The maximum absolute atomic E-state index is 11.4. The Balaban J connectivity index is 1.82. The normalized spacial score (nSPS) is 14.7. The third-order valence-electron chi connectivity index (χ3n) is 3.38. The lowest BCUT2D eigenvalue weighted by Crippen LogP contribution is -2.25. The fraction of sp³-hybridized carbons (Fsp3) is 0.188. The molecule has 2 N–H and O–H groups in total. The van der Waals surface area contributed by atoms with Gasteiger partial charge in [0.25, 0.3) is 5.91 Å². The average Bonchev–Trinajstić information content (AvgIpc) is 2.48. The third kappa shape index (κ3) is 3.03. The highest BCUT2D eigenvalue weighted by Gasteiger charge is 2.17. The van der Waals surface area contributed by atoms with Crippen LogP contribution in [0.1, 0.15) is 18.5 Å². The molecule has 0 spiro atoms. The molecule has 0 aromatic heterocycles. The molecule has 1 amide bonds. The summed E-state index contributed by atoms with van der Waals surface area (Å²) in [6.07, 6.45) is 0. The van der Waals surface area contributed by atoms with Crippen LogP contribution in [0.3, 0.4) is 0 Å². The Hall–Kier alpha value is -2.01. The monoisotopic (exact) mass is 346 g/mol. The molecule has 0 saturated carbocycles. The first kappa shape index (κ1) is 13.9.